The Kier molecular flexibility index (Phi) is 3.23. The molecule has 0 saturated carbocycles. The molecule has 1 N–H and O–H groups in total. The maximum Gasteiger partial charge on any atom is 0.138 e. The second-order valence-electron chi connectivity index (χ2n) is 4.22. The summed E-state index contributed by atoms with van der Waals surface area (Å²) in [5.74, 6) is 0.863. The van der Waals surface area contributed by atoms with Gasteiger partial charge in [0.25, 0.3) is 0 Å². The van der Waals surface area contributed by atoms with E-state index in [1.165, 1.54) is 0 Å². The third kappa shape index (κ3) is 2.52. The van der Waals surface area contributed by atoms with E-state index in [4.69, 9.17) is 4.52 Å². The SMILES string of the molecule is Cc1noc(C)c1C(C)NCc1cn(C)nn1. The molecule has 0 aromatic carbocycles. The average molecular weight is 235 g/mol. The Balaban J connectivity index is 2.00. The first kappa shape index (κ1) is 11.8. The highest BCUT2D eigenvalue weighted by atomic mass is 16.5. The summed E-state index contributed by atoms with van der Waals surface area (Å²) in [5.41, 5.74) is 2.97. The van der Waals surface area contributed by atoms with Crippen molar-refractivity contribution in [1.82, 2.24) is 25.5 Å². The third-order valence-corrected chi connectivity index (χ3v) is 2.76. The zero-order chi connectivity index (χ0) is 12.4. The molecule has 0 spiro atoms. The lowest BCUT2D eigenvalue weighted by Crippen LogP contribution is -2.19. The fraction of sp³-hybridized carbons (Fsp3) is 0.545. The molecule has 6 heteroatoms. The minimum Gasteiger partial charge on any atom is -0.361 e. The highest BCUT2D eigenvalue weighted by molar-refractivity contribution is 5.24. The van der Waals surface area contributed by atoms with Gasteiger partial charge in [-0.25, -0.2) is 0 Å². The van der Waals surface area contributed by atoms with Crippen molar-refractivity contribution in [3.8, 4) is 0 Å². The van der Waals surface area contributed by atoms with Gasteiger partial charge in [0, 0.05) is 31.4 Å². The van der Waals surface area contributed by atoms with E-state index in [-0.39, 0.29) is 6.04 Å². The fourth-order valence-electron chi connectivity index (χ4n) is 1.94. The van der Waals surface area contributed by atoms with Gasteiger partial charge in [0.05, 0.1) is 11.4 Å². The van der Waals surface area contributed by atoms with E-state index in [0.29, 0.717) is 6.54 Å². The second kappa shape index (κ2) is 4.67. The van der Waals surface area contributed by atoms with E-state index < -0.39 is 0 Å². The first-order chi connectivity index (χ1) is 8.08. The number of aryl methyl sites for hydroxylation is 3. The van der Waals surface area contributed by atoms with Crippen molar-refractivity contribution in [2.24, 2.45) is 7.05 Å². The molecule has 0 aliphatic rings. The predicted molar refractivity (Wildman–Crippen MR) is 62.2 cm³/mol. The molecular formula is C11H17N5O. The van der Waals surface area contributed by atoms with Crippen LogP contribution in [0.2, 0.25) is 0 Å². The van der Waals surface area contributed by atoms with E-state index in [0.717, 1.165) is 22.7 Å². The molecule has 0 bridgehead atoms. The number of nitrogens with one attached hydrogen (secondary N) is 1. The lowest BCUT2D eigenvalue weighted by molar-refractivity contribution is 0.390. The van der Waals surface area contributed by atoms with Crippen LogP contribution in [0.5, 0.6) is 0 Å². The minimum absolute atomic E-state index is 0.184. The van der Waals surface area contributed by atoms with Crippen LogP contribution in [0.15, 0.2) is 10.7 Å². The average Bonchev–Trinajstić information content (AvgIpc) is 2.83. The summed E-state index contributed by atoms with van der Waals surface area (Å²) in [6, 6.07) is 0.184. The van der Waals surface area contributed by atoms with Crippen LogP contribution < -0.4 is 5.32 Å². The summed E-state index contributed by atoms with van der Waals surface area (Å²) in [7, 11) is 1.86. The zero-order valence-electron chi connectivity index (χ0n) is 10.6. The number of hydrogen-bond donors (Lipinski definition) is 1. The molecule has 0 amide bonds. The third-order valence-electron chi connectivity index (χ3n) is 2.76. The Morgan fingerprint density at radius 2 is 2.24 bits per heavy atom. The standard InChI is InChI=1S/C11H17N5O/c1-7(11-8(2)14-17-9(11)3)12-5-10-6-16(4)15-13-10/h6-7,12H,5H2,1-4H3. The molecule has 1 atom stereocenters. The molecule has 0 saturated heterocycles. The van der Waals surface area contributed by atoms with Crippen LogP contribution in [-0.2, 0) is 13.6 Å². The maximum absolute atomic E-state index is 5.15. The van der Waals surface area contributed by atoms with Gasteiger partial charge in [-0.2, -0.15) is 0 Å². The van der Waals surface area contributed by atoms with Gasteiger partial charge in [-0.3, -0.25) is 4.68 Å². The van der Waals surface area contributed by atoms with E-state index in [1.54, 1.807) is 4.68 Å². The van der Waals surface area contributed by atoms with Crippen LogP contribution in [0.1, 0.15) is 35.7 Å². The molecule has 2 heterocycles. The van der Waals surface area contributed by atoms with Crippen molar-refractivity contribution in [3.05, 3.63) is 28.9 Å². The van der Waals surface area contributed by atoms with Crippen molar-refractivity contribution in [2.45, 2.75) is 33.4 Å². The van der Waals surface area contributed by atoms with Crippen LogP contribution >= 0.6 is 0 Å². The lowest BCUT2D eigenvalue weighted by Gasteiger charge is -2.12. The van der Waals surface area contributed by atoms with Gasteiger partial charge in [-0.1, -0.05) is 10.4 Å². The second-order valence-corrected chi connectivity index (χ2v) is 4.22. The Morgan fingerprint density at radius 1 is 1.47 bits per heavy atom. The maximum atomic E-state index is 5.15. The summed E-state index contributed by atoms with van der Waals surface area (Å²) in [5, 5.41) is 15.2. The molecule has 0 radical (unpaired) electrons. The molecule has 0 aliphatic heterocycles. The van der Waals surface area contributed by atoms with Gasteiger partial charge in [0.2, 0.25) is 0 Å². The van der Waals surface area contributed by atoms with Crippen LogP contribution in [-0.4, -0.2) is 20.2 Å². The highest BCUT2D eigenvalue weighted by Gasteiger charge is 2.16. The van der Waals surface area contributed by atoms with Gasteiger partial charge in [0.15, 0.2) is 0 Å². The predicted octanol–water partition coefficient (Wildman–Crippen LogP) is 1.27. The molecule has 6 nitrogen and oxygen atoms in total. The fourth-order valence-corrected chi connectivity index (χ4v) is 1.94. The smallest absolute Gasteiger partial charge is 0.138 e. The summed E-state index contributed by atoms with van der Waals surface area (Å²) >= 11 is 0. The molecule has 0 aliphatic carbocycles. The summed E-state index contributed by atoms with van der Waals surface area (Å²) < 4.78 is 6.84. The molecule has 2 rings (SSSR count). The van der Waals surface area contributed by atoms with Gasteiger partial charge < -0.3 is 9.84 Å². The van der Waals surface area contributed by atoms with Crippen molar-refractivity contribution in [3.63, 3.8) is 0 Å². The first-order valence-corrected chi connectivity index (χ1v) is 5.59. The Hall–Kier alpha value is -1.69. The number of aromatic nitrogens is 4. The zero-order valence-corrected chi connectivity index (χ0v) is 10.6. The van der Waals surface area contributed by atoms with Crippen molar-refractivity contribution in [1.29, 1.82) is 0 Å². The quantitative estimate of drug-likeness (QED) is 0.864. The molecule has 0 fully saturated rings. The van der Waals surface area contributed by atoms with E-state index in [2.05, 4.69) is 27.7 Å². The minimum atomic E-state index is 0.184. The molecule has 17 heavy (non-hydrogen) atoms. The summed E-state index contributed by atoms with van der Waals surface area (Å²) in [4.78, 5) is 0. The molecular weight excluding hydrogens is 218 g/mol. The van der Waals surface area contributed by atoms with Crippen molar-refractivity contribution in [2.75, 3.05) is 0 Å². The van der Waals surface area contributed by atoms with Crippen molar-refractivity contribution >= 4 is 0 Å². The van der Waals surface area contributed by atoms with Gasteiger partial charge >= 0.3 is 0 Å². The summed E-state index contributed by atoms with van der Waals surface area (Å²) in [6.07, 6.45) is 1.90. The van der Waals surface area contributed by atoms with E-state index in [1.807, 2.05) is 27.1 Å². The van der Waals surface area contributed by atoms with Crippen LogP contribution in [0.3, 0.4) is 0 Å². The van der Waals surface area contributed by atoms with Crippen LogP contribution in [0.4, 0.5) is 0 Å². The van der Waals surface area contributed by atoms with E-state index >= 15 is 0 Å². The molecule has 1 unspecified atom stereocenters. The molecule has 2 aromatic heterocycles. The monoisotopic (exact) mass is 235 g/mol. The van der Waals surface area contributed by atoms with Gasteiger partial charge in [0.1, 0.15) is 5.76 Å². The molecule has 2 aromatic rings. The molecule has 92 valence electrons. The Bertz CT molecular complexity index is 482. The Morgan fingerprint density at radius 3 is 2.76 bits per heavy atom. The Labute approximate surface area is 100.0 Å². The van der Waals surface area contributed by atoms with Gasteiger partial charge in [-0.05, 0) is 20.8 Å². The topological polar surface area (TPSA) is 68.8 Å². The number of hydrogen-bond acceptors (Lipinski definition) is 5. The van der Waals surface area contributed by atoms with E-state index in [9.17, 15) is 0 Å². The highest BCUT2D eigenvalue weighted by Crippen LogP contribution is 2.20. The lowest BCUT2D eigenvalue weighted by atomic mass is 10.1. The number of rotatable bonds is 4. The van der Waals surface area contributed by atoms with Crippen LogP contribution in [0.25, 0.3) is 0 Å². The first-order valence-electron chi connectivity index (χ1n) is 5.59. The number of nitrogens with zero attached hydrogens (tertiary/aromatic N) is 4. The summed E-state index contributed by atoms with van der Waals surface area (Å²) in [6.45, 7) is 6.64. The normalized spacial score (nSPS) is 12.9. The van der Waals surface area contributed by atoms with Gasteiger partial charge in [-0.15, -0.1) is 5.10 Å². The van der Waals surface area contributed by atoms with Crippen LogP contribution in [0, 0.1) is 13.8 Å². The largest absolute Gasteiger partial charge is 0.361 e. The van der Waals surface area contributed by atoms with Crippen molar-refractivity contribution < 1.29 is 4.52 Å².